The molecule has 0 saturated carbocycles. The van der Waals surface area contributed by atoms with Crippen LogP contribution in [0.15, 0.2) is 48.6 Å². The Bertz CT molecular complexity index is 981. The summed E-state index contributed by atoms with van der Waals surface area (Å²) in [5.74, 6) is -0.823. The molecular weight excluding hydrogens is 631 g/mol. The first-order valence-corrected chi connectivity index (χ1v) is 19.9. The van der Waals surface area contributed by atoms with E-state index in [9.17, 15) is 18.9 Å². The molecular formula is C38H65O9P. The molecule has 0 aliphatic heterocycles. The van der Waals surface area contributed by atoms with Gasteiger partial charge in [-0.15, -0.1) is 0 Å². The molecule has 0 aromatic carbocycles. The summed E-state index contributed by atoms with van der Waals surface area (Å²) in [7, 11) is -4.78. The monoisotopic (exact) mass is 696 g/mol. The van der Waals surface area contributed by atoms with Crippen LogP contribution < -0.4 is 0 Å². The van der Waals surface area contributed by atoms with Crippen molar-refractivity contribution < 1.29 is 42.7 Å². The van der Waals surface area contributed by atoms with Crippen LogP contribution in [0.3, 0.4) is 0 Å². The van der Waals surface area contributed by atoms with Crippen molar-refractivity contribution in [3.8, 4) is 0 Å². The molecule has 10 heteroatoms. The van der Waals surface area contributed by atoms with Gasteiger partial charge >= 0.3 is 19.8 Å². The predicted molar refractivity (Wildman–Crippen MR) is 193 cm³/mol. The number of phosphoric ester groups is 1. The van der Waals surface area contributed by atoms with Crippen LogP contribution in [-0.2, 0) is 32.9 Å². The molecule has 0 amide bonds. The summed E-state index contributed by atoms with van der Waals surface area (Å²) in [5, 5.41) is 0. The van der Waals surface area contributed by atoms with Crippen LogP contribution in [0.25, 0.3) is 0 Å². The minimum Gasteiger partial charge on any atom is -0.462 e. The van der Waals surface area contributed by atoms with Crippen molar-refractivity contribution in [3.05, 3.63) is 48.6 Å². The lowest BCUT2D eigenvalue weighted by molar-refractivity contribution is -0.161. The summed E-state index contributed by atoms with van der Waals surface area (Å²) < 4.78 is 26.2. The second-order valence-corrected chi connectivity index (χ2v) is 13.5. The van der Waals surface area contributed by atoms with Crippen LogP contribution in [0.5, 0.6) is 0 Å². The highest BCUT2D eigenvalue weighted by Gasteiger charge is 2.22. The molecule has 0 rings (SSSR count). The van der Waals surface area contributed by atoms with E-state index >= 15 is 0 Å². The molecule has 0 fully saturated rings. The van der Waals surface area contributed by atoms with Gasteiger partial charge in [0, 0.05) is 19.3 Å². The van der Waals surface area contributed by atoms with Gasteiger partial charge in [-0.3, -0.25) is 18.9 Å². The highest BCUT2D eigenvalue weighted by atomic mass is 31.2. The third-order valence-corrected chi connectivity index (χ3v) is 8.06. The second kappa shape index (κ2) is 33.2. The van der Waals surface area contributed by atoms with E-state index in [4.69, 9.17) is 19.3 Å². The number of phosphoric acid groups is 1. The molecule has 0 saturated heterocycles. The molecule has 1 atom stereocenters. The lowest BCUT2D eigenvalue weighted by Crippen LogP contribution is -2.29. The maximum Gasteiger partial charge on any atom is 0.469 e. The van der Waals surface area contributed by atoms with E-state index in [1.165, 1.54) is 51.4 Å². The van der Waals surface area contributed by atoms with Crippen LogP contribution in [0.2, 0.25) is 0 Å². The number of ether oxygens (including phenoxy) is 2. The number of carbonyl (C=O) groups excluding carboxylic acids is 3. The highest BCUT2D eigenvalue weighted by molar-refractivity contribution is 7.46. The number of unbranched alkanes of at least 4 members (excludes halogenated alkanes) is 14. The van der Waals surface area contributed by atoms with Crippen molar-refractivity contribution in [2.24, 2.45) is 0 Å². The molecule has 0 unspecified atom stereocenters. The van der Waals surface area contributed by atoms with Gasteiger partial charge in [0.2, 0.25) is 0 Å². The van der Waals surface area contributed by atoms with E-state index in [-0.39, 0.29) is 25.2 Å². The number of ketones is 1. The average molecular weight is 697 g/mol. The molecule has 0 heterocycles. The summed E-state index contributed by atoms with van der Waals surface area (Å²) in [6.07, 6.45) is 35.3. The summed E-state index contributed by atoms with van der Waals surface area (Å²) in [4.78, 5) is 54.3. The molecule has 9 nitrogen and oxygen atoms in total. The minimum absolute atomic E-state index is 0.110. The third-order valence-electron chi connectivity index (χ3n) is 7.58. The average Bonchev–Trinajstić information content (AvgIpc) is 3.04. The van der Waals surface area contributed by atoms with E-state index in [0.717, 1.165) is 51.4 Å². The van der Waals surface area contributed by atoms with Crippen LogP contribution in [0, 0.1) is 0 Å². The summed E-state index contributed by atoms with van der Waals surface area (Å²) >= 11 is 0. The predicted octanol–water partition coefficient (Wildman–Crippen LogP) is 9.97. The normalized spacial score (nSPS) is 12.9. The summed E-state index contributed by atoms with van der Waals surface area (Å²) in [6, 6.07) is 0. The zero-order valence-electron chi connectivity index (χ0n) is 29.9. The topological polar surface area (TPSA) is 136 Å². The van der Waals surface area contributed by atoms with Crippen molar-refractivity contribution in [2.45, 2.75) is 161 Å². The van der Waals surface area contributed by atoms with Crippen LogP contribution in [0.1, 0.15) is 155 Å². The lowest BCUT2D eigenvalue weighted by atomic mass is 10.0. The number of hydrogen-bond acceptors (Lipinski definition) is 7. The van der Waals surface area contributed by atoms with Crippen molar-refractivity contribution >= 4 is 25.5 Å². The summed E-state index contributed by atoms with van der Waals surface area (Å²) in [6.45, 7) is 3.45. The Morgan fingerprint density at radius 1 is 0.604 bits per heavy atom. The van der Waals surface area contributed by atoms with Crippen molar-refractivity contribution in [1.82, 2.24) is 0 Å². The Morgan fingerprint density at radius 3 is 1.75 bits per heavy atom. The number of allylic oxidation sites excluding steroid dienone is 8. The summed E-state index contributed by atoms with van der Waals surface area (Å²) in [5.41, 5.74) is 0. The van der Waals surface area contributed by atoms with Crippen molar-refractivity contribution in [3.63, 3.8) is 0 Å². The molecule has 0 aliphatic carbocycles. The van der Waals surface area contributed by atoms with Crippen molar-refractivity contribution in [2.75, 3.05) is 13.2 Å². The van der Waals surface area contributed by atoms with Crippen LogP contribution in [-0.4, -0.2) is 46.8 Å². The molecule has 48 heavy (non-hydrogen) atoms. The Hall–Kier alpha value is -2.32. The number of hydrogen-bond donors (Lipinski definition) is 2. The van der Waals surface area contributed by atoms with Crippen molar-refractivity contribution in [1.29, 1.82) is 0 Å². The van der Waals surface area contributed by atoms with Gasteiger partial charge in [-0.2, -0.15) is 0 Å². The molecule has 0 aromatic rings. The van der Waals surface area contributed by atoms with Gasteiger partial charge in [-0.25, -0.2) is 4.57 Å². The van der Waals surface area contributed by atoms with Gasteiger partial charge in [-0.1, -0.05) is 140 Å². The van der Waals surface area contributed by atoms with Crippen LogP contribution >= 0.6 is 7.82 Å². The van der Waals surface area contributed by atoms with Gasteiger partial charge in [0.25, 0.3) is 0 Å². The molecule has 0 aromatic heterocycles. The molecule has 0 radical (unpaired) electrons. The first-order chi connectivity index (χ1) is 23.2. The zero-order chi connectivity index (χ0) is 35.6. The first-order valence-electron chi connectivity index (χ1n) is 18.4. The third kappa shape index (κ3) is 35.0. The maximum absolute atomic E-state index is 12.3. The van der Waals surface area contributed by atoms with Gasteiger partial charge in [0.1, 0.15) is 6.61 Å². The quantitative estimate of drug-likeness (QED) is 0.0172. The molecule has 2 N–H and O–H groups in total. The Morgan fingerprint density at radius 2 is 1.12 bits per heavy atom. The van der Waals surface area contributed by atoms with Crippen LogP contribution in [0.4, 0.5) is 0 Å². The Balaban J connectivity index is 4.15. The van der Waals surface area contributed by atoms with Gasteiger partial charge in [0.05, 0.1) is 6.61 Å². The van der Waals surface area contributed by atoms with Gasteiger partial charge in [-0.05, 0) is 44.6 Å². The largest absolute Gasteiger partial charge is 0.469 e. The van der Waals surface area contributed by atoms with E-state index < -0.39 is 32.5 Å². The molecule has 0 spiro atoms. The fraction of sp³-hybridized carbons (Fsp3) is 0.711. The SMILES string of the molecule is CCCCCCCCCCCCCCC(=O)OC[C@H](COP(=O)(O)O)OC(=O)CCC/C=C\C/C=C\C/C=C\C=C\C(=O)CCCCC. The fourth-order valence-corrected chi connectivity index (χ4v) is 5.15. The number of rotatable bonds is 33. The first kappa shape index (κ1) is 45.7. The van der Waals surface area contributed by atoms with E-state index in [1.54, 1.807) is 12.2 Å². The molecule has 0 aliphatic rings. The standard InChI is InChI=1S/C38H65O9P/c1-3-5-7-8-9-10-11-14-17-20-23-27-31-37(40)45-33-36(34-46-48(42,43)44)47-38(41)32-28-24-21-18-15-12-13-16-19-22-26-30-35(39)29-25-6-4-2/h12-13,18-19,21-22,26,30,36H,3-11,14-17,20,23-25,27-29,31-34H2,1-2H3,(H2,42,43,44)/b13-12-,21-18-,22-19-,30-26+/t36-/m1/s1. The number of esters is 2. The maximum atomic E-state index is 12.3. The highest BCUT2D eigenvalue weighted by Crippen LogP contribution is 2.35. The smallest absolute Gasteiger partial charge is 0.462 e. The van der Waals surface area contributed by atoms with Gasteiger partial charge < -0.3 is 19.3 Å². The Kier molecular flexibility index (Phi) is 31.6. The second-order valence-electron chi connectivity index (χ2n) is 12.2. The number of carbonyl (C=O) groups is 3. The fourth-order valence-electron chi connectivity index (χ4n) is 4.79. The lowest BCUT2D eigenvalue weighted by Gasteiger charge is -2.18. The van der Waals surface area contributed by atoms with E-state index in [2.05, 4.69) is 18.4 Å². The van der Waals surface area contributed by atoms with E-state index in [1.807, 2.05) is 36.5 Å². The minimum atomic E-state index is -4.78. The molecule has 276 valence electrons. The zero-order valence-corrected chi connectivity index (χ0v) is 30.8. The van der Waals surface area contributed by atoms with Gasteiger partial charge in [0.15, 0.2) is 11.9 Å². The molecule has 0 bridgehead atoms. The Labute approximate surface area is 290 Å². The van der Waals surface area contributed by atoms with E-state index in [0.29, 0.717) is 25.7 Å².